The minimum atomic E-state index is -0.157. The Morgan fingerprint density at radius 3 is 2.71 bits per heavy atom. The molecule has 3 nitrogen and oxygen atoms in total. The summed E-state index contributed by atoms with van der Waals surface area (Å²) in [6, 6.07) is 13.0. The van der Waals surface area contributed by atoms with E-state index in [0.717, 1.165) is 11.1 Å². The molecule has 2 aromatic carbocycles. The second-order valence-corrected chi connectivity index (χ2v) is 7.28. The molecule has 2 aromatic rings. The first kappa shape index (κ1) is 17.0. The molecule has 122 valence electrons. The smallest absolute Gasteiger partial charge is 0.270 e. The van der Waals surface area contributed by atoms with Crippen LogP contribution in [0.15, 0.2) is 47.4 Å². The molecule has 24 heavy (non-hydrogen) atoms. The molecule has 1 aliphatic rings. The number of thiocarbonyl (C=S) groups is 1. The molecule has 6 heteroatoms. The van der Waals surface area contributed by atoms with E-state index in [-0.39, 0.29) is 5.91 Å². The number of aryl methyl sites for hydroxylation is 1. The Balaban J connectivity index is 1.97. The largest absolute Gasteiger partial charge is 0.496 e. The Labute approximate surface area is 155 Å². The van der Waals surface area contributed by atoms with Crippen LogP contribution in [0.2, 0.25) is 5.02 Å². The van der Waals surface area contributed by atoms with Crippen LogP contribution in [-0.4, -0.2) is 17.3 Å². The Morgan fingerprint density at radius 1 is 1.25 bits per heavy atom. The van der Waals surface area contributed by atoms with Crippen molar-refractivity contribution in [1.82, 2.24) is 0 Å². The number of benzene rings is 2. The maximum Gasteiger partial charge on any atom is 0.270 e. The molecule has 0 spiro atoms. The SMILES string of the molecule is COc1ccccc1/C=C1\SC(=S)N(c2ccc(C)c(Cl)c2)C1=O. The molecule has 1 aliphatic heterocycles. The van der Waals surface area contributed by atoms with Gasteiger partial charge in [0.1, 0.15) is 5.75 Å². The van der Waals surface area contributed by atoms with Crippen LogP contribution in [0.3, 0.4) is 0 Å². The molecule has 0 radical (unpaired) electrons. The topological polar surface area (TPSA) is 29.5 Å². The number of ether oxygens (including phenoxy) is 1. The fraction of sp³-hybridized carbons (Fsp3) is 0.111. The summed E-state index contributed by atoms with van der Waals surface area (Å²) in [5.74, 6) is 0.553. The van der Waals surface area contributed by atoms with Crippen molar-refractivity contribution in [1.29, 1.82) is 0 Å². The number of hydrogen-bond donors (Lipinski definition) is 0. The van der Waals surface area contributed by atoms with Gasteiger partial charge in [-0.25, -0.2) is 0 Å². The third kappa shape index (κ3) is 3.20. The van der Waals surface area contributed by atoms with Gasteiger partial charge < -0.3 is 4.74 Å². The lowest BCUT2D eigenvalue weighted by atomic mass is 10.1. The highest BCUT2D eigenvalue weighted by Gasteiger charge is 2.33. The number of thioether (sulfide) groups is 1. The lowest BCUT2D eigenvalue weighted by Gasteiger charge is -2.15. The lowest BCUT2D eigenvalue weighted by Crippen LogP contribution is -2.27. The number of rotatable bonds is 3. The number of carbonyl (C=O) groups is 1. The maximum atomic E-state index is 12.8. The number of hydrogen-bond acceptors (Lipinski definition) is 4. The van der Waals surface area contributed by atoms with E-state index >= 15 is 0 Å². The highest BCUT2D eigenvalue weighted by molar-refractivity contribution is 8.27. The van der Waals surface area contributed by atoms with E-state index in [0.29, 0.717) is 25.7 Å². The Hall–Kier alpha value is -1.82. The number of carbonyl (C=O) groups excluding carboxylic acids is 1. The summed E-state index contributed by atoms with van der Waals surface area (Å²) in [5, 5.41) is 0.607. The first-order chi connectivity index (χ1) is 11.5. The fourth-order valence-corrected chi connectivity index (χ4v) is 3.80. The molecule has 0 N–H and O–H groups in total. The van der Waals surface area contributed by atoms with Crippen LogP contribution in [0.1, 0.15) is 11.1 Å². The van der Waals surface area contributed by atoms with Crippen LogP contribution in [0, 0.1) is 6.92 Å². The third-order valence-electron chi connectivity index (χ3n) is 3.63. The number of halogens is 1. The molecule has 1 fully saturated rings. The van der Waals surface area contributed by atoms with E-state index in [9.17, 15) is 4.79 Å². The predicted molar refractivity (Wildman–Crippen MR) is 105 cm³/mol. The summed E-state index contributed by atoms with van der Waals surface area (Å²) in [4.78, 5) is 14.8. The van der Waals surface area contributed by atoms with Crippen molar-refractivity contribution in [3.63, 3.8) is 0 Å². The normalized spacial score (nSPS) is 16.1. The summed E-state index contributed by atoms with van der Waals surface area (Å²) in [6.07, 6.45) is 1.80. The Kier molecular flexibility index (Phi) is 4.94. The van der Waals surface area contributed by atoms with Gasteiger partial charge in [0.25, 0.3) is 5.91 Å². The second kappa shape index (κ2) is 6.97. The highest BCUT2D eigenvalue weighted by Crippen LogP contribution is 2.38. The summed E-state index contributed by atoms with van der Waals surface area (Å²) in [6.45, 7) is 1.91. The average molecular weight is 376 g/mol. The van der Waals surface area contributed by atoms with Crippen LogP contribution in [0.4, 0.5) is 5.69 Å². The van der Waals surface area contributed by atoms with E-state index in [1.54, 1.807) is 19.3 Å². The molecule has 0 unspecified atom stereocenters. The van der Waals surface area contributed by atoms with Gasteiger partial charge in [-0.2, -0.15) is 0 Å². The molecule has 3 rings (SSSR count). The van der Waals surface area contributed by atoms with E-state index < -0.39 is 0 Å². The van der Waals surface area contributed by atoms with Crippen LogP contribution in [0.5, 0.6) is 5.75 Å². The lowest BCUT2D eigenvalue weighted by molar-refractivity contribution is -0.113. The highest BCUT2D eigenvalue weighted by atomic mass is 35.5. The molecule has 0 aliphatic carbocycles. The minimum absolute atomic E-state index is 0.157. The Bertz CT molecular complexity index is 864. The van der Waals surface area contributed by atoms with Crippen LogP contribution in [0.25, 0.3) is 6.08 Å². The van der Waals surface area contributed by atoms with Gasteiger partial charge in [-0.3, -0.25) is 9.69 Å². The zero-order valence-corrected chi connectivity index (χ0v) is 15.5. The zero-order valence-electron chi connectivity index (χ0n) is 13.1. The van der Waals surface area contributed by atoms with Gasteiger partial charge in [0.2, 0.25) is 0 Å². The van der Waals surface area contributed by atoms with Gasteiger partial charge in [-0.15, -0.1) is 0 Å². The first-order valence-electron chi connectivity index (χ1n) is 7.18. The number of anilines is 1. The van der Waals surface area contributed by atoms with Crippen molar-refractivity contribution in [2.75, 3.05) is 12.0 Å². The third-order valence-corrected chi connectivity index (χ3v) is 5.34. The molecule has 0 saturated carbocycles. The molecule has 0 atom stereocenters. The molecule has 1 amide bonds. The van der Waals surface area contributed by atoms with Gasteiger partial charge >= 0.3 is 0 Å². The molecular formula is C18H14ClNO2S2. The van der Waals surface area contributed by atoms with Crippen LogP contribution >= 0.6 is 35.6 Å². The maximum absolute atomic E-state index is 12.8. The van der Waals surface area contributed by atoms with Gasteiger partial charge in [0.05, 0.1) is 17.7 Å². The molecule has 1 heterocycles. The number of para-hydroxylation sites is 1. The number of nitrogens with zero attached hydrogens (tertiary/aromatic N) is 1. The van der Waals surface area contributed by atoms with Crippen molar-refractivity contribution in [2.24, 2.45) is 0 Å². The van der Waals surface area contributed by atoms with E-state index in [2.05, 4.69) is 0 Å². The van der Waals surface area contributed by atoms with E-state index in [4.69, 9.17) is 28.6 Å². The van der Waals surface area contributed by atoms with Crippen molar-refractivity contribution in [3.8, 4) is 5.75 Å². The standard InChI is InChI=1S/C18H14ClNO2S2/c1-11-7-8-13(10-14(11)19)20-17(21)16(24-18(20)23)9-12-5-3-4-6-15(12)22-2/h3-10H,1-2H3/b16-9-. The summed E-state index contributed by atoms with van der Waals surface area (Å²) >= 11 is 12.8. The van der Waals surface area contributed by atoms with Crippen LogP contribution < -0.4 is 9.64 Å². The predicted octanol–water partition coefficient (Wildman–Crippen LogP) is 5.06. The monoisotopic (exact) mass is 375 g/mol. The van der Waals surface area contributed by atoms with Gasteiger partial charge in [0.15, 0.2) is 4.32 Å². The van der Waals surface area contributed by atoms with E-state index in [1.807, 2.05) is 43.3 Å². The van der Waals surface area contributed by atoms with Gasteiger partial charge in [0, 0.05) is 10.6 Å². The average Bonchev–Trinajstić information content (AvgIpc) is 2.85. The zero-order chi connectivity index (χ0) is 17.3. The fourth-order valence-electron chi connectivity index (χ4n) is 2.34. The molecular weight excluding hydrogens is 362 g/mol. The van der Waals surface area contributed by atoms with Crippen molar-refractivity contribution in [3.05, 3.63) is 63.5 Å². The second-order valence-electron chi connectivity index (χ2n) is 5.19. The van der Waals surface area contributed by atoms with Crippen molar-refractivity contribution < 1.29 is 9.53 Å². The molecule has 0 bridgehead atoms. The molecule has 1 saturated heterocycles. The van der Waals surface area contributed by atoms with Crippen molar-refractivity contribution in [2.45, 2.75) is 6.92 Å². The molecule has 0 aromatic heterocycles. The minimum Gasteiger partial charge on any atom is -0.496 e. The quantitative estimate of drug-likeness (QED) is 0.553. The number of methoxy groups -OCH3 is 1. The van der Waals surface area contributed by atoms with Crippen LogP contribution in [-0.2, 0) is 4.79 Å². The van der Waals surface area contributed by atoms with Gasteiger partial charge in [-0.05, 0) is 36.8 Å². The van der Waals surface area contributed by atoms with E-state index in [1.165, 1.54) is 16.7 Å². The van der Waals surface area contributed by atoms with Crippen molar-refractivity contribution >= 4 is 57.6 Å². The first-order valence-corrected chi connectivity index (χ1v) is 8.78. The summed E-state index contributed by atoms with van der Waals surface area (Å²) in [7, 11) is 1.60. The number of amides is 1. The van der Waals surface area contributed by atoms with Gasteiger partial charge in [-0.1, -0.05) is 59.8 Å². The Morgan fingerprint density at radius 2 is 2.00 bits per heavy atom. The summed E-state index contributed by atoms with van der Waals surface area (Å²) in [5.41, 5.74) is 2.47. The summed E-state index contributed by atoms with van der Waals surface area (Å²) < 4.78 is 5.82.